The molecule has 0 aliphatic rings. The van der Waals surface area contributed by atoms with E-state index < -0.39 is 0 Å². The molecule has 0 spiro atoms. The van der Waals surface area contributed by atoms with E-state index in [1.165, 1.54) is 54.7 Å². The van der Waals surface area contributed by atoms with Gasteiger partial charge in [0.05, 0.1) is 0 Å². The smallest absolute Gasteiger partial charge is 0.0494 e. The molecule has 2 aromatic heterocycles. The SMILES string of the molecule is Cn1c2ccccc2c2cc(-c3ccc4c5ccccc5n(C)c4c3)ccc21. The normalized spacial score (nSPS) is 11.9. The lowest BCUT2D eigenvalue weighted by atomic mass is 10.0. The zero-order chi connectivity index (χ0) is 18.8. The van der Waals surface area contributed by atoms with Crippen molar-refractivity contribution < 1.29 is 0 Å². The summed E-state index contributed by atoms with van der Waals surface area (Å²) >= 11 is 0. The zero-order valence-corrected chi connectivity index (χ0v) is 16.0. The predicted molar refractivity (Wildman–Crippen MR) is 120 cm³/mol. The average molecular weight is 360 g/mol. The van der Waals surface area contributed by atoms with Gasteiger partial charge in [0, 0.05) is 57.7 Å². The highest BCUT2D eigenvalue weighted by molar-refractivity contribution is 6.11. The number of fused-ring (bicyclic) bond motifs is 6. The van der Waals surface area contributed by atoms with E-state index in [-0.39, 0.29) is 0 Å². The summed E-state index contributed by atoms with van der Waals surface area (Å²) in [5.41, 5.74) is 7.62. The molecule has 2 heteroatoms. The molecule has 2 nitrogen and oxygen atoms in total. The summed E-state index contributed by atoms with van der Waals surface area (Å²) in [5, 5.41) is 5.25. The van der Waals surface area contributed by atoms with Gasteiger partial charge in [0.2, 0.25) is 0 Å². The first kappa shape index (κ1) is 15.5. The van der Waals surface area contributed by atoms with Crippen LogP contribution in [0.1, 0.15) is 0 Å². The molecule has 0 N–H and O–H groups in total. The minimum absolute atomic E-state index is 1.26. The number of nitrogens with zero attached hydrogens (tertiary/aromatic N) is 2. The standard InChI is InChI=1S/C26H20N2/c1-27-24-10-6-4-8-20(24)22-15-17(12-14-25(22)27)18-11-13-21-19-7-3-5-9-23(19)28(2)26(21)16-18/h3-16H,1-2H3. The molecule has 6 rings (SSSR count). The second-order valence-corrected chi connectivity index (χ2v) is 7.62. The highest BCUT2D eigenvalue weighted by Gasteiger charge is 2.11. The first-order chi connectivity index (χ1) is 13.7. The highest BCUT2D eigenvalue weighted by Crippen LogP contribution is 2.35. The van der Waals surface area contributed by atoms with Crippen molar-refractivity contribution in [3.05, 3.63) is 84.9 Å². The van der Waals surface area contributed by atoms with E-state index in [2.05, 4.69) is 108 Å². The van der Waals surface area contributed by atoms with Crippen molar-refractivity contribution in [1.29, 1.82) is 0 Å². The summed E-state index contributed by atoms with van der Waals surface area (Å²) in [7, 11) is 4.30. The van der Waals surface area contributed by atoms with Gasteiger partial charge in [0.25, 0.3) is 0 Å². The minimum atomic E-state index is 1.26. The lowest BCUT2D eigenvalue weighted by Crippen LogP contribution is -1.87. The van der Waals surface area contributed by atoms with Gasteiger partial charge in [-0.3, -0.25) is 0 Å². The fourth-order valence-electron chi connectivity index (χ4n) is 4.69. The fraction of sp³-hybridized carbons (Fsp3) is 0.0769. The van der Waals surface area contributed by atoms with Crippen molar-refractivity contribution >= 4 is 43.6 Å². The van der Waals surface area contributed by atoms with Crippen LogP contribution in [0.3, 0.4) is 0 Å². The topological polar surface area (TPSA) is 9.86 Å². The molecule has 4 aromatic carbocycles. The number of para-hydroxylation sites is 2. The van der Waals surface area contributed by atoms with Gasteiger partial charge in [-0.15, -0.1) is 0 Å². The van der Waals surface area contributed by atoms with Gasteiger partial charge < -0.3 is 9.13 Å². The molecule has 0 bridgehead atoms. The average Bonchev–Trinajstić information content (AvgIpc) is 3.20. The van der Waals surface area contributed by atoms with Gasteiger partial charge in [-0.2, -0.15) is 0 Å². The molecular formula is C26H20N2. The van der Waals surface area contributed by atoms with Crippen LogP contribution in [0.25, 0.3) is 54.7 Å². The predicted octanol–water partition coefficient (Wildman–Crippen LogP) is 6.64. The lowest BCUT2D eigenvalue weighted by Gasteiger charge is -2.05. The zero-order valence-electron chi connectivity index (χ0n) is 16.0. The van der Waals surface area contributed by atoms with Crippen molar-refractivity contribution in [1.82, 2.24) is 9.13 Å². The number of rotatable bonds is 1. The molecule has 0 aliphatic carbocycles. The summed E-state index contributed by atoms with van der Waals surface area (Å²) in [5.74, 6) is 0. The van der Waals surface area contributed by atoms with E-state index in [9.17, 15) is 0 Å². The Hall–Kier alpha value is -3.52. The van der Waals surface area contributed by atoms with Gasteiger partial charge in [-0.05, 0) is 41.5 Å². The maximum Gasteiger partial charge on any atom is 0.0494 e. The van der Waals surface area contributed by atoms with Crippen LogP contribution < -0.4 is 0 Å². The van der Waals surface area contributed by atoms with Gasteiger partial charge in [-0.1, -0.05) is 54.6 Å². The summed E-state index contributed by atoms with van der Waals surface area (Å²) in [4.78, 5) is 0. The van der Waals surface area contributed by atoms with E-state index >= 15 is 0 Å². The molecule has 2 heterocycles. The van der Waals surface area contributed by atoms with Crippen LogP contribution in [0.5, 0.6) is 0 Å². The van der Waals surface area contributed by atoms with Crippen LogP contribution in [0, 0.1) is 0 Å². The van der Waals surface area contributed by atoms with E-state index in [4.69, 9.17) is 0 Å². The fourth-order valence-corrected chi connectivity index (χ4v) is 4.69. The Kier molecular flexibility index (Phi) is 3.05. The molecule has 0 amide bonds. The summed E-state index contributed by atoms with van der Waals surface area (Å²) in [6.07, 6.45) is 0. The third-order valence-electron chi connectivity index (χ3n) is 6.16. The van der Waals surface area contributed by atoms with E-state index in [0.29, 0.717) is 0 Å². The van der Waals surface area contributed by atoms with Crippen LogP contribution >= 0.6 is 0 Å². The van der Waals surface area contributed by atoms with E-state index in [0.717, 1.165) is 0 Å². The second-order valence-electron chi connectivity index (χ2n) is 7.62. The number of aromatic nitrogens is 2. The summed E-state index contributed by atoms with van der Waals surface area (Å²) in [6.45, 7) is 0. The molecule has 0 fully saturated rings. The maximum absolute atomic E-state index is 2.33. The lowest BCUT2D eigenvalue weighted by molar-refractivity contribution is 1.01. The monoisotopic (exact) mass is 360 g/mol. The van der Waals surface area contributed by atoms with Crippen molar-refractivity contribution in [2.24, 2.45) is 14.1 Å². The Labute approximate surface area is 163 Å². The number of hydrogen-bond donors (Lipinski definition) is 0. The second kappa shape index (κ2) is 5.49. The molecule has 28 heavy (non-hydrogen) atoms. The molecule has 0 aliphatic heterocycles. The minimum Gasteiger partial charge on any atom is -0.344 e. The van der Waals surface area contributed by atoms with Gasteiger partial charge in [0.15, 0.2) is 0 Å². The summed E-state index contributed by atoms with van der Waals surface area (Å²) in [6, 6.07) is 30.9. The van der Waals surface area contributed by atoms with Gasteiger partial charge in [0.1, 0.15) is 0 Å². The number of aryl methyl sites for hydroxylation is 2. The molecular weight excluding hydrogens is 340 g/mol. The van der Waals surface area contributed by atoms with Gasteiger partial charge in [-0.25, -0.2) is 0 Å². The van der Waals surface area contributed by atoms with Crippen LogP contribution in [-0.4, -0.2) is 9.13 Å². The molecule has 0 saturated carbocycles. The maximum atomic E-state index is 2.33. The first-order valence-electron chi connectivity index (χ1n) is 9.67. The molecule has 134 valence electrons. The van der Waals surface area contributed by atoms with Crippen LogP contribution in [0.15, 0.2) is 84.9 Å². The van der Waals surface area contributed by atoms with Crippen molar-refractivity contribution in [2.45, 2.75) is 0 Å². The Bertz CT molecular complexity index is 1530. The van der Waals surface area contributed by atoms with Crippen molar-refractivity contribution in [3.8, 4) is 11.1 Å². The number of benzene rings is 4. The Morgan fingerprint density at radius 1 is 0.429 bits per heavy atom. The van der Waals surface area contributed by atoms with E-state index in [1.54, 1.807) is 0 Å². The quantitative estimate of drug-likeness (QED) is 0.311. The molecule has 0 atom stereocenters. The van der Waals surface area contributed by atoms with Crippen molar-refractivity contribution in [3.63, 3.8) is 0 Å². The van der Waals surface area contributed by atoms with Gasteiger partial charge >= 0.3 is 0 Å². The number of hydrogen-bond acceptors (Lipinski definition) is 0. The summed E-state index contributed by atoms with van der Waals surface area (Å²) < 4.78 is 4.58. The van der Waals surface area contributed by atoms with Crippen LogP contribution in [0.2, 0.25) is 0 Å². The molecule has 6 aromatic rings. The third-order valence-corrected chi connectivity index (χ3v) is 6.16. The van der Waals surface area contributed by atoms with Crippen molar-refractivity contribution in [2.75, 3.05) is 0 Å². The largest absolute Gasteiger partial charge is 0.344 e. The Balaban J connectivity index is 1.62. The van der Waals surface area contributed by atoms with Crippen LogP contribution in [0.4, 0.5) is 0 Å². The first-order valence-corrected chi connectivity index (χ1v) is 9.67. The Morgan fingerprint density at radius 2 is 0.929 bits per heavy atom. The van der Waals surface area contributed by atoms with E-state index in [1.807, 2.05) is 0 Å². The molecule has 0 unspecified atom stereocenters. The van der Waals surface area contributed by atoms with Crippen LogP contribution in [-0.2, 0) is 14.1 Å². The molecule has 0 saturated heterocycles. The highest BCUT2D eigenvalue weighted by atomic mass is 14.9. The Morgan fingerprint density at radius 3 is 1.68 bits per heavy atom. The molecule has 0 radical (unpaired) electrons. The third kappa shape index (κ3) is 1.97.